The molecule has 2 aromatic heterocycles. The maximum Gasteiger partial charge on any atom is 0.332 e. The van der Waals surface area contributed by atoms with Crippen LogP contribution in [0.3, 0.4) is 0 Å². The van der Waals surface area contributed by atoms with E-state index in [9.17, 15) is 10.1 Å². The quantitative estimate of drug-likeness (QED) is 0.607. The largest absolute Gasteiger partial charge is 0.368 e. The summed E-state index contributed by atoms with van der Waals surface area (Å²) in [7, 11) is 1.84. The molecule has 2 aromatic rings. The van der Waals surface area contributed by atoms with Crippen LogP contribution in [0.1, 0.15) is 11.4 Å². The number of anilines is 2. The summed E-state index contributed by atoms with van der Waals surface area (Å²) in [5, 5.41) is 18.0. The maximum atomic E-state index is 11.0. The highest BCUT2D eigenvalue weighted by Crippen LogP contribution is 2.25. The number of aromatic nitrogens is 4. The van der Waals surface area contributed by atoms with Gasteiger partial charge in [0.15, 0.2) is 0 Å². The van der Waals surface area contributed by atoms with Crippen LogP contribution in [0, 0.1) is 17.0 Å². The van der Waals surface area contributed by atoms with E-state index in [2.05, 4.69) is 20.4 Å². The lowest BCUT2D eigenvalue weighted by Crippen LogP contribution is -2.13. The van der Waals surface area contributed by atoms with Crippen LogP contribution in [0.2, 0.25) is 0 Å². The maximum absolute atomic E-state index is 11.0. The van der Waals surface area contributed by atoms with Crippen molar-refractivity contribution in [3.05, 3.63) is 33.8 Å². The Hall–Kier alpha value is -2.71. The second-order valence-electron chi connectivity index (χ2n) is 4.24. The van der Waals surface area contributed by atoms with Crippen LogP contribution in [0.4, 0.5) is 17.5 Å². The third-order valence-corrected chi connectivity index (χ3v) is 2.85. The van der Waals surface area contributed by atoms with Gasteiger partial charge < -0.3 is 11.1 Å². The van der Waals surface area contributed by atoms with E-state index < -0.39 is 4.92 Å². The van der Waals surface area contributed by atoms with Crippen molar-refractivity contribution in [2.75, 3.05) is 17.6 Å². The Labute approximate surface area is 115 Å². The fourth-order valence-corrected chi connectivity index (χ4v) is 1.89. The lowest BCUT2D eigenvalue weighted by Gasteiger charge is -2.08. The smallest absolute Gasteiger partial charge is 0.332 e. The van der Waals surface area contributed by atoms with Gasteiger partial charge in [0.2, 0.25) is 11.8 Å². The summed E-state index contributed by atoms with van der Waals surface area (Å²) in [4.78, 5) is 18.2. The molecule has 0 aromatic carbocycles. The number of rotatable bonds is 5. The van der Waals surface area contributed by atoms with E-state index in [0.717, 1.165) is 5.69 Å². The van der Waals surface area contributed by atoms with Gasteiger partial charge in [-0.05, 0) is 13.0 Å². The van der Waals surface area contributed by atoms with E-state index in [-0.39, 0.29) is 23.1 Å². The van der Waals surface area contributed by atoms with Crippen LogP contribution in [-0.2, 0) is 13.5 Å². The average Bonchev–Trinajstić information content (AvgIpc) is 2.73. The first-order valence-corrected chi connectivity index (χ1v) is 5.98. The van der Waals surface area contributed by atoms with E-state index in [1.54, 1.807) is 10.9 Å². The number of aryl methyl sites for hydroxylation is 2. The lowest BCUT2D eigenvalue weighted by atomic mass is 10.3. The van der Waals surface area contributed by atoms with Crippen molar-refractivity contribution >= 4 is 17.5 Å². The summed E-state index contributed by atoms with van der Waals surface area (Å²) in [6, 6.07) is 1.88. The number of hydrogen-bond donors (Lipinski definition) is 2. The fourth-order valence-electron chi connectivity index (χ4n) is 1.89. The SMILES string of the molecule is Cc1nc(N)nc(NCCc2ccnn2C)c1[N+](=O)[O-]. The standard InChI is InChI=1S/C11H15N7O2/c1-7-9(18(19)20)10(16-11(12)15-7)13-5-3-8-4-6-14-17(8)2/h4,6H,3,5H2,1-2H3,(H3,12,13,15,16). The van der Waals surface area contributed by atoms with Crippen LogP contribution in [0.25, 0.3) is 0 Å². The number of nitrogen functional groups attached to an aromatic ring is 1. The Morgan fingerprint density at radius 1 is 1.50 bits per heavy atom. The monoisotopic (exact) mass is 277 g/mol. The normalized spacial score (nSPS) is 10.5. The van der Waals surface area contributed by atoms with Crippen molar-refractivity contribution in [3.8, 4) is 0 Å². The van der Waals surface area contributed by atoms with E-state index in [1.807, 2.05) is 13.1 Å². The Bertz CT molecular complexity index is 638. The first kappa shape index (κ1) is 13.7. The first-order valence-electron chi connectivity index (χ1n) is 5.98. The molecule has 0 saturated carbocycles. The van der Waals surface area contributed by atoms with Crippen molar-refractivity contribution in [3.63, 3.8) is 0 Å². The van der Waals surface area contributed by atoms with Gasteiger partial charge in [-0.2, -0.15) is 10.1 Å². The Morgan fingerprint density at radius 2 is 2.25 bits per heavy atom. The van der Waals surface area contributed by atoms with Gasteiger partial charge in [0, 0.05) is 31.9 Å². The summed E-state index contributed by atoms with van der Waals surface area (Å²) in [5.41, 5.74) is 6.63. The van der Waals surface area contributed by atoms with Crippen LogP contribution in [-0.4, -0.2) is 31.2 Å². The molecular weight excluding hydrogens is 262 g/mol. The minimum absolute atomic E-state index is 0.0103. The predicted octanol–water partition coefficient (Wildman–Crippen LogP) is 0.664. The summed E-state index contributed by atoms with van der Waals surface area (Å²) in [6.45, 7) is 2.01. The summed E-state index contributed by atoms with van der Waals surface area (Å²) in [5.74, 6) is 0.151. The molecule has 2 heterocycles. The molecule has 0 saturated heterocycles. The molecule has 9 heteroatoms. The van der Waals surface area contributed by atoms with Gasteiger partial charge in [0.25, 0.3) is 0 Å². The van der Waals surface area contributed by atoms with Crippen molar-refractivity contribution < 1.29 is 4.92 Å². The molecule has 106 valence electrons. The molecule has 0 aliphatic heterocycles. The molecule has 0 unspecified atom stereocenters. The highest BCUT2D eigenvalue weighted by molar-refractivity contribution is 5.60. The van der Waals surface area contributed by atoms with Gasteiger partial charge >= 0.3 is 5.69 Å². The second-order valence-corrected chi connectivity index (χ2v) is 4.24. The summed E-state index contributed by atoms with van der Waals surface area (Å²) >= 11 is 0. The molecular formula is C11H15N7O2. The van der Waals surface area contributed by atoms with E-state index in [4.69, 9.17) is 5.73 Å². The van der Waals surface area contributed by atoms with Crippen LogP contribution < -0.4 is 11.1 Å². The van der Waals surface area contributed by atoms with Gasteiger partial charge in [-0.1, -0.05) is 0 Å². The van der Waals surface area contributed by atoms with Crippen molar-refractivity contribution in [1.29, 1.82) is 0 Å². The molecule has 0 spiro atoms. The minimum Gasteiger partial charge on any atom is -0.368 e. The molecule has 0 radical (unpaired) electrons. The van der Waals surface area contributed by atoms with Gasteiger partial charge in [-0.3, -0.25) is 14.8 Å². The molecule has 20 heavy (non-hydrogen) atoms. The van der Waals surface area contributed by atoms with E-state index in [1.165, 1.54) is 6.92 Å². The van der Waals surface area contributed by atoms with E-state index in [0.29, 0.717) is 13.0 Å². The van der Waals surface area contributed by atoms with Gasteiger partial charge in [-0.15, -0.1) is 0 Å². The predicted molar refractivity (Wildman–Crippen MR) is 73.2 cm³/mol. The average molecular weight is 277 g/mol. The molecule has 0 atom stereocenters. The van der Waals surface area contributed by atoms with Crippen LogP contribution >= 0.6 is 0 Å². The van der Waals surface area contributed by atoms with E-state index >= 15 is 0 Å². The molecule has 3 N–H and O–H groups in total. The number of nitrogens with two attached hydrogens (primary N) is 1. The fraction of sp³-hybridized carbons (Fsp3) is 0.364. The third-order valence-electron chi connectivity index (χ3n) is 2.85. The highest BCUT2D eigenvalue weighted by atomic mass is 16.6. The summed E-state index contributed by atoms with van der Waals surface area (Å²) < 4.78 is 1.75. The minimum atomic E-state index is -0.513. The molecule has 0 aliphatic carbocycles. The van der Waals surface area contributed by atoms with Crippen molar-refractivity contribution in [2.45, 2.75) is 13.3 Å². The molecule has 0 amide bonds. The van der Waals surface area contributed by atoms with Crippen molar-refractivity contribution in [2.24, 2.45) is 7.05 Å². The number of nitrogens with zero attached hydrogens (tertiary/aromatic N) is 5. The van der Waals surface area contributed by atoms with Crippen LogP contribution in [0.15, 0.2) is 12.3 Å². The second kappa shape index (κ2) is 5.51. The first-order chi connectivity index (χ1) is 9.49. The Morgan fingerprint density at radius 3 is 2.85 bits per heavy atom. The topological polar surface area (TPSA) is 125 Å². The number of nitrogens with one attached hydrogen (secondary N) is 1. The Kier molecular flexibility index (Phi) is 3.78. The van der Waals surface area contributed by atoms with Crippen LogP contribution in [0.5, 0.6) is 0 Å². The zero-order valence-corrected chi connectivity index (χ0v) is 11.2. The van der Waals surface area contributed by atoms with Crippen molar-refractivity contribution in [1.82, 2.24) is 19.7 Å². The number of nitro groups is 1. The van der Waals surface area contributed by atoms with Gasteiger partial charge in [-0.25, -0.2) is 4.98 Å². The zero-order valence-electron chi connectivity index (χ0n) is 11.2. The number of hydrogen-bond acceptors (Lipinski definition) is 7. The summed E-state index contributed by atoms with van der Waals surface area (Å²) in [6.07, 6.45) is 2.36. The molecule has 0 fully saturated rings. The third kappa shape index (κ3) is 2.82. The molecule has 9 nitrogen and oxygen atoms in total. The lowest BCUT2D eigenvalue weighted by molar-refractivity contribution is -0.385. The Balaban J connectivity index is 2.13. The highest BCUT2D eigenvalue weighted by Gasteiger charge is 2.21. The molecule has 0 bridgehead atoms. The molecule has 2 rings (SSSR count). The molecule has 0 aliphatic rings. The van der Waals surface area contributed by atoms with Gasteiger partial charge in [0.05, 0.1) is 4.92 Å². The van der Waals surface area contributed by atoms with Gasteiger partial charge in [0.1, 0.15) is 5.69 Å². The zero-order chi connectivity index (χ0) is 14.7.